The zero-order valence-corrected chi connectivity index (χ0v) is 11.6. The van der Waals surface area contributed by atoms with Gasteiger partial charge in [-0.15, -0.1) is 0 Å². The van der Waals surface area contributed by atoms with Gasteiger partial charge < -0.3 is 14.9 Å². The van der Waals surface area contributed by atoms with E-state index in [-0.39, 0.29) is 24.6 Å². The van der Waals surface area contributed by atoms with Crippen LogP contribution in [0.1, 0.15) is 22.3 Å². The van der Waals surface area contributed by atoms with Crippen molar-refractivity contribution in [1.82, 2.24) is 9.80 Å². The van der Waals surface area contributed by atoms with Gasteiger partial charge in [0.1, 0.15) is 0 Å². The summed E-state index contributed by atoms with van der Waals surface area (Å²) in [6.07, 6.45) is -4.98. The topological polar surface area (TPSA) is 60.9 Å². The van der Waals surface area contributed by atoms with Gasteiger partial charge in [-0.1, -0.05) is 0 Å². The summed E-state index contributed by atoms with van der Waals surface area (Å²) < 4.78 is 37.5. The van der Waals surface area contributed by atoms with Gasteiger partial charge in [0.15, 0.2) is 0 Å². The molecule has 0 aliphatic carbocycles. The lowest BCUT2D eigenvalue weighted by Gasteiger charge is -2.21. The van der Waals surface area contributed by atoms with Crippen LogP contribution in [-0.4, -0.2) is 53.1 Å². The molecular weight excluding hydrogens is 301 g/mol. The van der Waals surface area contributed by atoms with Crippen LogP contribution in [0.3, 0.4) is 0 Å². The number of hydrogen-bond acceptors (Lipinski definition) is 2. The van der Waals surface area contributed by atoms with Crippen LogP contribution in [0.2, 0.25) is 0 Å². The third kappa shape index (κ3) is 3.69. The molecule has 1 aliphatic rings. The summed E-state index contributed by atoms with van der Waals surface area (Å²) in [7, 11) is 0. The molecule has 1 fully saturated rings. The quantitative estimate of drug-likeness (QED) is 0.866. The Bertz CT molecular complexity index is 557. The average Bonchev–Trinajstić information content (AvgIpc) is 2.71. The molecule has 0 atom stereocenters. The van der Waals surface area contributed by atoms with Crippen molar-refractivity contribution in [3.8, 4) is 0 Å². The Morgan fingerprint density at radius 1 is 0.955 bits per heavy atom. The van der Waals surface area contributed by atoms with Crippen molar-refractivity contribution in [3.05, 3.63) is 35.4 Å². The largest absolute Gasteiger partial charge is 0.465 e. The highest BCUT2D eigenvalue weighted by Gasteiger charge is 2.30. The maximum atomic E-state index is 12.5. The Labute approximate surface area is 124 Å². The van der Waals surface area contributed by atoms with Crippen LogP contribution >= 0.6 is 0 Å². The number of rotatable bonds is 1. The summed E-state index contributed by atoms with van der Waals surface area (Å²) in [5.74, 6) is -0.388. The van der Waals surface area contributed by atoms with Gasteiger partial charge in [-0.05, 0) is 30.7 Å². The maximum Gasteiger partial charge on any atom is 0.416 e. The first-order valence-corrected chi connectivity index (χ1v) is 6.73. The van der Waals surface area contributed by atoms with Crippen LogP contribution in [0, 0.1) is 0 Å². The van der Waals surface area contributed by atoms with E-state index in [1.807, 2.05) is 0 Å². The van der Waals surface area contributed by atoms with Crippen molar-refractivity contribution in [3.63, 3.8) is 0 Å². The number of halogens is 3. The monoisotopic (exact) mass is 316 g/mol. The third-order valence-corrected chi connectivity index (χ3v) is 3.51. The van der Waals surface area contributed by atoms with E-state index >= 15 is 0 Å². The van der Waals surface area contributed by atoms with Gasteiger partial charge in [-0.25, -0.2) is 4.79 Å². The second kappa shape index (κ2) is 6.25. The Morgan fingerprint density at radius 3 is 2.05 bits per heavy atom. The maximum absolute atomic E-state index is 12.5. The van der Waals surface area contributed by atoms with Crippen LogP contribution in [0.25, 0.3) is 0 Å². The first-order chi connectivity index (χ1) is 10.3. The summed E-state index contributed by atoms with van der Waals surface area (Å²) in [6.45, 7) is 1.14. The molecule has 5 nitrogen and oxygen atoms in total. The number of carboxylic acid groups (broad SMARTS) is 1. The number of carbonyl (C=O) groups is 2. The van der Waals surface area contributed by atoms with E-state index in [0.717, 1.165) is 24.3 Å². The molecule has 0 bridgehead atoms. The first kappa shape index (κ1) is 16.1. The summed E-state index contributed by atoms with van der Waals surface area (Å²) >= 11 is 0. The zero-order chi connectivity index (χ0) is 16.3. The molecule has 2 amide bonds. The standard InChI is InChI=1S/C14H15F3N2O3/c15-14(16,17)11-4-2-10(3-5-11)12(20)18-6-1-7-19(9-8-18)13(21)22/h2-5H,1,6-9H2,(H,21,22). The molecule has 1 aromatic rings. The zero-order valence-electron chi connectivity index (χ0n) is 11.6. The summed E-state index contributed by atoms with van der Waals surface area (Å²) in [5.41, 5.74) is -0.645. The predicted octanol–water partition coefficient (Wildman–Crippen LogP) is 2.53. The number of nitrogens with zero attached hydrogens (tertiary/aromatic N) is 2. The van der Waals surface area contributed by atoms with Gasteiger partial charge >= 0.3 is 12.3 Å². The van der Waals surface area contributed by atoms with E-state index in [9.17, 15) is 22.8 Å². The Morgan fingerprint density at radius 2 is 1.50 bits per heavy atom. The average molecular weight is 316 g/mol. The van der Waals surface area contributed by atoms with Crippen LogP contribution in [0.4, 0.5) is 18.0 Å². The van der Waals surface area contributed by atoms with Gasteiger partial charge in [-0.3, -0.25) is 4.79 Å². The van der Waals surface area contributed by atoms with Gasteiger partial charge in [0.25, 0.3) is 5.91 Å². The van der Waals surface area contributed by atoms with Crippen LogP contribution in [-0.2, 0) is 6.18 Å². The molecule has 1 aliphatic heterocycles. The Hall–Kier alpha value is -2.25. The lowest BCUT2D eigenvalue weighted by Crippen LogP contribution is -2.36. The second-order valence-electron chi connectivity index (χ2n) is 4.99. The summed E-state index contributed by atoms with van der Waals surface area (Å²) in [5, 5.41) is 8.93. The molecule has 0 radical (unpaired) electrons. The highest BCUT2D eigenvalue weighted by molar-refractivity contribution is 5.94. The van der Waals surface area contributed by atoms with Crippen molar-refractivity contribution in [1.29, 1.82) is 0 Å². The summed E-state index contributed by atoms with van der Waals surface area (Å²) in [6, 6.07) is 4.03. The SMILES string of the molecule is O=C(O)N1CCCN(C(=O)c2ccc(C(F)(F)F)cc2)CC1. The minimum Gasteiger partial charge on any atom is -0.465 e. The lowest BCUT2D eigenvalue weighted by atomic mass is 10.1. The van der Waals surface area contributed by atoms with E-state index in [1.165, 1.54) is 9.80 Å². The Balaban J connectivity index is 2.06. The Kier molecular flexibility index (Phi) is 4.58. The van der Waals surface area contributed by atoms with E-state index < -0.39 is 17.8 Å². The fourth-order valence-electron chi connectivity index (χ4n) is 2.30. The van der Waals surface area contributed by atoms with Gasteiger partial charge in [0.2, 0.25) is 0 Å². The van der Waals surface area contributed by atoms with E-state index in [0.29, 0.717) is 19.5 Å². The highest BCUT2D eigenvalue weighted by Crippen LogP contribution is 2.29. The molecule has 0 saturated carbocycles. The van der Waals surface area contributed by atoms with Crippen LogP contribution in [0.5, 0.6) is 0 Å². The molecule has 1 heterocycles. The second-order valence-corrected chi connectivity index (χ2v) is 4.99. The van der Waals surface area contributed by atoms with Crippen molar-refractivity contribution in [2.75, 3.05) is 26.2 Å². The third-order valence-electron chi connectivity index (χ3n) is 3.51. The molecule has 0 spiro atoms. The fraction of sp³-hybridized carbons (Fsp3) is 0.429. The molecule has 1 saturated heterocycles. The number of benzene rings is 1. The van der Waals surface area contributed by atoms with E-state index in [2.05, 4.69) is 0 Å². The fourth-order valence-corrected chi connectivity index (χ4v) is 2.30. The van der Waals surface area contributed by atoms with E-state index in [4.69, 9.17) is 5.11 Å². The molecule has 1 N–H and O–H groups in total. The molecule has 22 heavy (non-hydrogen) atoms. The van der Waals surface area contributed by atoms with Crippen molar-refractivity contribution in [2.24, 2.45) is 0 Å². The number of amides is 2. The highest BCUT2D eigenvalue weighted by atomic mass is 19.4. The van der Waals surface area contributed by atoms with Gasteiger partial charge in [0.05, 0.1) is 5.56 Å². The molecule has 1 aromatic carbocycles. The minimum atomic E-state index is -4.44. The number of alkyl halides is 3. The lowest BCUT2D eigenvalue weighted by molar-refractivity contribution is -0.137. The number of carbonyl (C=O) groups excluding carboxylic acids is 1. The van der Waals surface area contributed by atoms with Gasteiger partial charge in [0, 0.05) is 31.7 Å². The van der Waals surface area contributed by atoms with Crippen molar-refractivity contribution in [2.45, 2.75) is 12.6 Å². The predicted molar refractivity (Wildman–Crippen MR) is 71.6 cm³/mol. The minimum absolute atomic E-state index is 0.164. The summed E-state index contributed by atoms with van der Waals surface area (Å²) in [4.78, 5) is 25.9. The van der Waals surface area contributed by atoms with Gasteiger partial charge in [-0.2, -0.15) is 13.2 Å². The normalized spacial score (nSPS) is 16.3. The molecule has 0 unspecified atom stereocenters. The van der Waals surface area contributed by atoms with Crippen LogP contribution in [0.15, 0.2) is 24.3 Å². The first-order valence-electron chi connectivity index (χ1n) is 6.73. The van der Waals surface area contributed by atoms with Crippen molar-refractivity contribution < 1.29 is 27.9 Å². The van der Waals surface area contributed by atoms with Crippen molar-refractivity contribution >= 4 is 12.0 Å². The number of hydrogen-bond donors (Lipinski definition) is 1. The molecule has 8 heteroatoms. The molecular formula is C14H15F3N2O3. The smallest absolute Gasteiger partial charge is 0.416 e. The molecule has 0 aromatic heterocycles. The molecule has 2 rings (SSSR count). The van der Waals surface area contributed by atoms with Crippen LogP contribution < -0.4 is 0 Å². The van der Waals surface area contributed by atoms with E-state index in [1.54, 1.807) is 0 Å². The molecule has 120 valence electrons.